The third kappa shape index (κ3) is 2.67. The fourth-order valence-corrected chi connectivity index (χ4v) is 3.70. The van der Waals surface area contributed by atoms with Gasteiger partial charge in [-0.15, -0.1) is 0 Å². The van der Waals surface area contributed by atoms with E-state index in [4.69, 9.17) is 0 Å². The number of pyridine rings is 1. The number of nitrogens with zero attached hydrogens (tertiary/aromatic N) is 3. The summed E-state index contributed by atoms with van der Waals surface area (Å²) in [6.45, 7) is 2.97. The molecule has 1 aliphatic rings. The van der Waals surface area contributed by atoms with Crippen LogP contribution in [0.15, 0.2) is 48.7 Å². The summed E-state index contributed by atoms with van der Waals surface area (Å²) in [6, 6.07) is 12.4. The number of H-pyrrole nitrogens is 2. The third-order valence-corrected chi connectivity index (χ3v) is 5.33. The number of amides is 1. The predicted octanol–water partition coefficient (Wildman–Crippen LogP) is 3.64. The molecule has 140 valence electrons. The summed E-state index contributed by atoms with van der Waals surface area (Å²) in [5.41, 5.74) is 4.49. The molecule has 2 N–H and O–H groups in total. The van der Waals surface area contributed by atoms with Gasteiger partial charge < -0.3 is 9.88 Å². The minimum atomic E-state index is -0.212. The lowest BCUT2D eigenvalue weighted by Gasteiger charge is -2.39. The van der Waals surface area contributed by atoms with E-state index in [0.29, 0.717) is 30.0 Å². The highest BCUT2D eigenvalue weighted by molar-refractivity contribution is 5.98. The molecule has 6 nitrogen and oxygen atoms in total. The van der Waals surface area contributed by atoms with Crippen LogP contribution < -0.4 is 0 Å². The van der Waals surface area contributed by atoms with Crippen molar-refractivity contribution in [1.82, 2.24) is 25.1 Å². The van der Waals surface area contributed by atoms with E-state index in [2.05, 4.69) is 20.2 Å². The molecule has 0 spiro atoms. The second-order valence-corrected chi connectivity index (χ2v) is 7.15. The maximum atomic E-state index is 13.9. The number of aromatic nitrogens is 4. The summed E-state index contributed by atoms with van der Waals surface area (Å²) in [5, 5.41) is 7.81. The first-order valence-electron chi connectivity index (χ1n) is 9.14. The van der Waals surface area contributed by atoms with Gasteiger partial charge in [0.25, 0.3) is 5.91 Å². The summed E-state index contributed by atoms with van der Waals surface area (Å²) in [6.07, 6.45) is 1.74. The Hall–Kier alpha value is -3.48. The molecular weight excluding hydrogens is 357 g/mol. The fraction of sp³-hybridized carbons (Fsp3) is 0.190. The normalized spacial score (nSPS) is 14.4. The van der Waals surface area contributed by atoms with Gasteiger partial charge in [-0.25, -0.2) is 9.37 Å². The first-order chi connectivity index (χ1) is 13.6. The zero-order valence-electron chi connectivity index (χ0n) is 15.2. The first kappa shape index (κ1) is 16.7. The second-order valence-electron chi connectivity index (χ2n) is 7.15. The van der Waals surface area contributed by atoms with E-state index >= 15 is 0 Å². The topological polar surface area (TPSA) is 77.7 Å². The van der Waals surface area contributed by atoms with Gasteiger partial charge in [-0.05, 0) is 36.8 Å². The van der Waals surface area contributed by atoms with E-state index in [0.717, 1.165) is 22.3 Å². The van der Waals surface area contributed by atoms with Gasteiger partial charge in [0.1, 0.15) is 17.2 Å². The van der Waals surface area contributed by atoms with Crippen LogP contribution in [0.4, 0.5) is 4.39 Å². The van der Waals surface area contributed by atoms with Crippen LogP contribution >= 0.6 is 0 Å². The van der Waals surface area contributed by atoms with Crippen LogP contribution in [0.2, 0.25) is 0 Å². The Morgan fingerprint density at radius 3 is 2.79 bits per heavy atom. The van der Waals surface area contributed by atoms with Crippen LogP contribution in [-0.4, -0.2) is 44.1 Å². The van der Waals surface area contributed by atoms with Gasteiger partial charge in [0.2, 0.25) is 0 Å². The highest BCUT2D eigenvalue weighted by Gasteiger charge is 2.34. The van der Waals surface area contributed by atoms with E-state index in [9.17, 15) is 9.18 Å². The van der Waals surface area contributed by atoms with Crippen molar-refractivity contribution in [3.8, 4) is 11.3 Å². The zero-order valence-corrected chi connectivity index (χ0v) is 15.2. The number of likely N-dealkylation sites (tertiary alicyclic amines) is 1. The van der Waals surface area contributed by atoms with Crippen molar-refractivity contribution < 1.29 is 9.18 Å². The molecule has 0 unspecified atom stereocenters. The Morgan fingerprint density at radius 1 is 1.21 bits per heavy atom. The third-order valence-electron chi connectivity index (χ3n) is 5.33. The first-order valence-corrected chi connectivity index (χ1v) is 9.14. The van der Waals surface area contributed by atoms with Crippen LogP contribution in [0.3, 0.4) is 0 Å². The average molecular weight is 375 g/mol. The summed E-state index contributed by atoms with van der Waals surface area (Å²) < 4.78 is 13.9. The Kier molecular flexibility index (Phi) is 3.75. The van der Waals surface area contributed by atoms with Gasteiger partial charge in [0.15, 0.2) is 0 Å². The van der Waals surface area contributed by atoms with Crippen LogP contribution in [0, 0.1) is 12.7 Å². The number of halogens is 1. The van der Waals surface area contributed by atoms with Crippen molar-refractivity contribution in [3.63, 3.8) is 0 Å². The summed E-state index contributed by atoms with van der Waals surface area (Å²) in [5.74, 6) is -0.258. The van der Waals surface area contributed by atoms with Crippen molar-refractivity contribution in [2.75, 3.05) is 13.1 Å². The molecule has 1 aromatic carbocycles. The average Bonchev–Trinajstić information content (AvgIpc) is 3.27. The van der Waals surface area contributed by atoms with Crippen molar-refractivity contribution >= 4 is 16.9 Å². The quantitative estimate of drug-likeness (QED) is 0.574. The van der Waals surface area contributed by atoms with Crippen molar-refractivity contribution in [2.24, 2.45) is 0 Å². The van der Waals surface area contributed by atoms with Gasteiger partial charge in [0, 0.05) is 35.7 Å². The zero-order chi connectivity index (χ0) is 19.3. The van der Waals surface area contributed by atoms with Gasteiger partial charge in [-0.1, -0.05) is 18.2 Å². The molecule has 5 rings (SSSR count). The SMILES string of the molecule is Cc1[nH]ncc1-c1ccc2cc(C(=O)N3CC(c4ccccc4F)C3)[nH]c2n1. The maximum absolute atomic E-state index is 13.9. The Balaban J connectivity index is 1.36. The summed E-state index contributed by atoms with van der Waals surface area (Å²) >= 11 is 0. The predicted molar refractivity (Wildman–Crippen MR) is 103 cm³/mol. The molecule has 0 bridgehead atoms. The largest absolute Gasteiger partial charge is 0.336 e. The lowest BCUT2D eigenvalue weighted by atomic mass is 9.91. The van der Waals surface area contributed by atoms with Crippen LogP contribution in [-0.2, 0) is 0 Å². The number of aryl methyl sites for hydroxylation is 1. The molecule has 4 aromatic rings. The Morgan fingerprint density at radius 2 is 2.04 bits per heavy atom. The number of hydrogen-bond donors (Lipinski definition) is 2. The van der Waals surface area contributed by atoms with Gasteiger partial charge in [-0.2, -0.15) is 5.10 Å². The van der Waals surface area contributed by atoms with Crippen molar-refractivity contribution in [1.29, 1.82) is 0 Å². The molecule has 0 atom stereocenters. The molecule has 3 aromatic heterocycles. The number of aromatic amines is 2. The summed E-state index contributed by atoms with van der Waals surface area (Å²) in [7, 11) is 0. The number of benzene rings is 1. The van der Waals surface area contributed by atoms with Gasteiger partial charge in [0.05, 0.1) is 11.9 Å². The molecule has 0 saturated carbocycles. The van der Waals surface area contributed by atoms with Crippen molar-refractivity contribution in [2.45, 2.75) is 12.8 Å². The molecule has 7 heteroatoms. The van der Waals surface area contributed by atoms with E-state index in [1.807, 2.05) is 31.2 Å². The second kappa shape index (κ2) is 6.30. The molecule has 1 aliphatic heterocycles. The molecule has 1 saturated heterocycles. The van der Waals surface area contributed by atoms with Gasteiger partial charge >= 0.3 is 0 Å². The van der Waals surface area contributed by atoms with E-state index in [1.165, 1.54) is 6.07 Å². The van der Waals surface area contributed by atoms with E-state index in [-0.39, 0.29) is 17.6 Å². The maximum Gasteiger partial charge on any atom is 0.270 e. The number of hydrogen-bond acceptors (Lipinski definition) is 3. The molecule has 28 heavy (non-hydrogen) atoms. The lowest BCUT2D eigenvalue weighted by Crippen LogP contribution is -2.48. The number of nitrogens with one attached hydrogen (secondary N) is 2. The smallest absolute Gasteiger partial charge is 0.270 e. The van der Waals surface area contributed by atoms with E-state index < -0.39 is 0 Å². The number of carbonyl (C=O) groups excluding carboxylic acids is 1. The molecule has 0 aliphatic carbocycles. The number of rotatable bonds is 3. The molecular formula is C21H18FN5O. The highest BCUT2D eigenvalue weighted by Crippen LogP contribution is 2.30. The molecule has 1 amide bonds. The van der Waals surface area contributed by atoms with Crippen LogP contribution in [0.25, 0.3) is 22.3 Å². The Bertz CT molecular complexity index is 1190. The lowest BCUT2D eigenvalue weighted by molar-refractivity contribution is 0.0593. The van der Waals surface area contributed by atoms with Crippen LogP contribution in [0.5, 0.6) is 0 Å². The molecule has 4 heterocycles. The number of carbonyl (C=O) groups is 1. The summed E-state index contributed by atoms with van der Waals surface area (Å²) in [4.78, 5) is 22.3. The van der Waals surface area contributed by atoms with Gasteiger partial charge in [-0.3, -0.25) is 9.89 Å². The van der Waals surface area contributed by atoms with E-state index in [1.54, 1.807) is 23.2 Å². The minimum Gasteiger partial charge on any atom is -0.336 e. The molecule has 0 radical (unpaired) electrons. The number of fused-ring (bicyclic) bond motifs is 1. The molecule has 1 fully saturated rings. The standard InChI is InChI=1S/C21H18FN5O/c1-12-16(9-23-26-12)18-7-6-13-8-19(25-20(13)24-18)21(28)27-10-14(11-27)15-4-2-3-5-17(15)22/h2-9,14H,10-11H2,1H3,(H,23,26)(H,24,25). The fourth-order valence-electron chi connectivity index (χ4n) is 3.70. The van der Waals surface area contributed by atoms with Crippen molar-refractivity contribution in [3.05, 3.63) is 71.4 Å². The highest BCUT2D eigenvalue weighted by atomic mass is 19.1. The van der Waals surface area contributed by atoms with Crippen LogP contribution in [0.1, 0.15) is 27.7 Å². The monoisotopic (exact) mass is 375 g/mol. The Labute approximate surface area is 160 Å². The minimum absolute atomic E-state index is 0.0447.